The Morgan fingerprint density at radius 3 is 2.22 bits per heavy atom. The van der Waals surface area contributed by atoms with Gasteiger partial charge in [-0.2, -0.15) is 0 Å². The SMILES string of the molecule is CCCC(OC)C(CC[CH]([InH2])CC1CCN(C(=O)O)CC1)OC. The molecule has 1 aliphatic heterocycles. The zero-order valence-corrected chi connectivity index (χ0v) is 21.0. The van der Waals surface area contributed by atoms with Crippen LogP contribution in [0.2, 0.25) is 3.67 Å². The molecule has 0 aromatic carbocycles. The normalized spacial score (nSPS) is 20.2. The molecular weight excluding hydrogens is 397 g/mol. The predicted octanol–water partition coefficient (Wildman–Crippen LogP) is 2.80. The van der Waals surface area contributed by atoms with Gasteiger partial charge in [-0.3, -0.25) is 0 Å². The van der Waals surface area contributed by atoms with E-state index in [9.17, 15) is 4.79 Å². The van der Waals surface area contributed by atoms with Crippen molar-refractivity contribution in [3.8, 4) is 0 Å². The van der Waals surface area contributed by atoms with Gasteiger partial charge in [-0.1, -0.05) is 0 Å². The second-order valence-electron chi connectivity index (χ2n) is 6.97. The van der Waals surface area contributed by atoms with Crippen LogP contribution in [0.1, 0.15) is 51.9 Å². The molecule has 6 heteroatoms. The van der Waals surface area contributed by atoms with E-state index in [4.69, 9.17) is 14.6 Å². The first-order valence-corrected chi connectivity index (χ1v) is 12.3. The van der Waals surface area contributed by atoms with Gasteiger partial charge >= 0.3 is 156 Å². The minimum atomic E-state index is -0.764. The average Bonchev–Trinajstić information content (AvgIpc) is 2.54. The van der Waals surface area contributed by atoms with E-state index in [0.717, 1.165) is 35.8 Å². The van der Waals surface area contributed by atoms with Gasteiger partial charge in [-0.25, -0.2) is 0 Å². The monoisotopic (exact) mass is 431 g/mol. The standard InChI is InChI=1S/C17H32NO4.In.2H/c1-4-7-15(21-2)16(22-3)9-6-5-8-14-10-12-18(13-11-14)17(19)20;;;/h5,14-16H,4,6-13H2,1-3H3,(H,19,20);;;. The van der Waals surface area contributed by atoms with Crippen molar-refractivity contribution in [2.24, 2.45) is 5.92 Å². The van der Waals surface area contributed by atoms with Gasteiger partial charge in [0.05, 0.1) is 0 Å². The molecule has 0 aromatic rings. The summed E-state index contributed by atoms with van der Waals surface area (Å²) in [6, 6.07) is 0. The number of amides is 1. The Morgan fingerprint density at radius 1 is 1.17 bits per heavy atom. The fourth-order valence-electron chi connectivity index (χ4n) is 3.69. The molecule has 0 saturated carbocycles. The molecule has 3 unspecified atom stereocenters. The number of carboxylic acid groups (broad SMARTS) is 1. The second kappa shape index (κ2) is 11.6. The molecule has 0 aliphatic carbocycles. The van der Waals surface area contributed by atoms with Crippen LogP contribution in [0.15, 0.2) is 0 Å². The van der Waals surface area contributed by atoms with Crippen LogP contribution < -0.4 is 0 Å². The van der Waals surface area contributed by atoms with Gasteiger partial charge in [0.15, 0.2) is 0 Å². The number of carbonyl (C=O) groups is 1. The molecular formula is C17H34InNO4. The quantitative estimate of drug-likeness (QED) is 0.578. The Hall–Kier alpha value is 0.0601. The topological polar surface area (TPSA) is 59.0 Å². The molecule has 0 radical (unpaired) electrons. The van der Waals surface area contributed by atoms with Crippen molar-refractivity contribution in [2.75, 3.05) is 27.3 Å². The number of hydrogen-bond donors (Lipinski definition) is 1. The summed E-state index contributed by atoms with van der Waals surface area (Å²) in [5.41, 5.74) is 0. The van der Waals surface area contributed by atoms with E-state index < -0.39 is 6.09 Å². The maximum absolute atomic E-state index is 10.9. The first kappa shape index (κ1) is 21.1. The molecule has 0 aromatic heterocycles. The zero-order chi connectivity index (χ0) is 17.2. The van der Waals surface area contributed by atoms with Gasteiger partial charge in [0, 0.05) is 0 Å². The number of likely N-dealkylation sites (tertiary alicyclic amines) is 1. The van der Waals surface area contributed by atoms with Crippen molar-refractivity contribution in [1.29, 1.82) is 0 Å². The number of hydrogen-bond acceptors (Lipinski definition) is 3. The minimum absolute atomic E-state index is 0.211. The molecule has 23 heavy (non-hydrogen) atoms. The summed E-state index contributed by atoms with van der Waals surface area (Å²) in [6.07, 6.45) is 7.51. The van der Waals surface area contributed by atoms with Crippen molar-refractivity contribution in [3.63, 3.8) is 0 Å². The van der Waals surface area contributed by atoms with E-state index in [2.05, 4.69) is 6.92 Å². The maximum atomic E-state index is 10.9. The number of ether oxygens (including phenoxy) is 2. The summed E-state index contributed by atoms with van der Waals surface area (Å²) < 4.78 is 12.1. The summed E-state index contributed by atoms with van der Waals surface area (Å²) in [6.45, 7) is 3.61. The van der Waals surface area contributed by atoms with Crippen molar-refractivity contribution in [1.82, 2.24) is 4.90 Å². The van der Waals surface area contributed by atoms with Gasteiger partial charge in [0.25, 0.3) is 0 Å². The Morgan fingerprint density at radius 2 is 1.74 bits per heavy atom. The van der Waals surface area contributed by atoms with E-state index in [1.54, 1.807) is 19.1 Å². The first-order chi connectivity index (χ1) is 11.0. The van der Waals surface area contributed by atoms with Crippen LogP contribution in [0.25, 0.3) is 0 Å². The van der Waals surface area contributed by atoms with Crippen LogP contribution >= 0.6 is 0 Å². The van der Waals surface area contributed by atoms with Crippen LogP contribution in [-0.4, -0.2) is 80.0 Å². The van der Waals surface area contributed by atoms with E-state index in [1.807, 2.05) is 0 Å². The van der Waals surface area contributed by atoms with Crippen molar-refractivity contribution >= 4 is 30.5 Å². The van der Waals surface area contributed by atoms with Gasteiger partial charge in [-0.15, -0.1) is 0 Å². The third kappa shape index (κ3) is 7.65. The molecule has 1 fully saturated rings. The van der Waals surface area contributed by atoms with Gasteiger partial charge in [0.1, 0.15) is 0 Å². The number of piperidine rings is 1. The first-order valence-electron chi connectivity index (χ1n) is 9.05. The van der Waals surface area contributed by atoms with Crippen LogP contribution in [0.3, 0.4) is 0 Å². The van der Waals surface area contributed by atoms with Gasteiger partial charge < -0.3 is 0 Å². The second-order valence-corrected chi connectivity index (χ2v) is 11.6. The van der Waals surface area contributed by atoms with Gasteiger partial charge in [0.2, 0.25) is 0 Å². The van der Waals surface area contributed by atoms with Crippen molar-refractivity contribution in [3.05, 3.63) is 0 Å². The van der Waals surface area contributed by atoms with E-state index in [-0.39, 0.29) is 12.2 Å². The van der Waals surface area contributed by atoms with Crippen LogP contribution in [0, 0.1) is 5.92 Å². The fraction of sp³-hybridized carbons (Fsp3) is 0.941. The number of methoxy groups -OCH3 is 2. The Bertz CT molecular complexity index is 335. The van der Waals surface area contributed by atoms with Crippen LogP contribution in [0.4, 0.5) is 4.79 Å². The molecule has 3 atom stereocenters. The Balaban J connectivity index is 2.30. The molecule has 1 saturated heterocycles. The number of rotatable bonds is 10. The van der Waals surface area contributed by atoms with Gasteiger partial charge in [-0.05, 0) is 0 Å². The fourth-order valence-corrected chi connectivity index (χ4v) is 6.55. The Kier molecular flexibility index (Phi) is 10.6. The van der Waals surface area contributed by atoms with E-state index in [1.165, 1.54) is 12.8 Å². The molecule has 1 heterocycles. The summed E-state index contributed by atoms with van der Waals surface area (Å²) in [7, 11) is 3.58. The zero-order valence-electron chi connectivity index (χ0n) is 15.3. The third-order valence-corrected chi connectivity index (χ3v) is 8.15. The van der Waals surface area contributed by atoms with E-state index >= 15 is 0 Å². The molecule has 1 aliphatic rings. The Labute approximate surface area is 155 Å². The predicted molar refractivity (Wildman–Crippen MR) is 95.0 cm³/mol. The summed E-state index contributed by atoms with van der Waals surface area (Å²) in [5.74, 6) is 0.715. The summed E-state index contributed by atoms with van der Waals surface area (Å²) in [4.78, 5) is 12.5. The third-order valence-electron chi connectivity index (χ3n) is 5.16. The number of nitrogens with zero attached hydrogens (tertiary/aromatic N) is 1. The van der Waals surface area contributed by atoms with Crippen LogP contribution in [0.5, 0.6) is 0 Å². The van der Waals surface area contributed by atoms with E-state index in [0.29, 0.717) is 43.4 Å². The summed E-state index contributed by atoms with van der Waals surface area (Å²) in [5, 5.41) is 9.01. The average molecular weight is 431 g/mol. The molecule has 5 nitrogen and oxygen atoms in total. The van der Waals surface area contributed by atoms with Crippen LogP contribution in [-0.2, 0) is 9.47 Å². The van der Waals surface area contributed by atoms with Crippen molar-refractivity contribution in [2.45, 2.75) is 67.8 Å². The summed E-state index contributed by atoms with van der Waals surface area (Å²) >= 11 is 0.629. The molecule has 0 bridgehead atoms. The molecule has 1 rings (SSSR count). The molecule has 1 amide bonds. The molecule has 134 valence electrons. The van der Waals surface area contributed by atoms with Crippen molar-refractivity contribution < 1.29 is 19.4 Å². The molecule has 1 N–H and O–H groups in total. The molecule has 0 spiro atoms.